The minimum atomic E-state index is -1.44. The van der Waals surface area contributed by atoms with Gasteiger partial charge in [0.2, 0.25) is 0 Å². The molecule has 0 radical (unpaired) electrons. The van der Waals surface area contributed by atoms with E-state index in [1.807, 2.05) is 12.1 Å². The number of hydrogen-bond donors (Lipinski definition) is 3. The summed E-state index contributed by atoms with van der Waals surface area (Å²) in [5.74, 6) is -1.04. The lowest BCUT2D eigenvalue weighted by Crippen LogP contribution is -2.37. The van der Waals surface area contributed by atoms with Crippen LogP contribution in [0, 0.1) is 9.49 Å². The summed E-state index contributed by atoms with van der Waals surface area (Å²) in [7, 11) is 1.51. The van der Waals surface area contributed by atoms with E-state index in [1.54, 1.807) is 13.0 Å². The topological polar surface area (TPSA) is 96.2 Å². The summed E-state index contributed by atoms with van der Waals surface area (Å²) in [4.78, 5) is 11.8. The molecule has 1 aromatic rings. The molecule has 0 aromatic heterocycles. The highest BCUT2D eigenvalue weighted by Crippen LogP contribution is 2.33. The van der Waals surface area contributed by atoms with E-state index in [9.17, 15) is 20.1 Å². The van der Waals surface area contributed by atoms with E-state index >= 15 is 0 Å². The standard InChI is InChI=1S/C22H31IO6/c1-5-8-14(11-15-12-17(23)21(26)19(13-15)28-4)9-10-18(24)16(6-2)20(25)22(27)29-7-3/h6,11-13,16,18,20,24-26H,2,5,7-10H2,1,3-4H3/b14-11+/t16-,18-,20+/m1/s1. The molecular weight excluding hydrogens is 487 g/mol. The van der Waals surface area contributed by atoms with Gasteiger partial charge in [0.05, 0.1) is 23.4 Å². The van der Waals surface area contributed by atoms with Crippen LogP contribution in [0.1, 0.15) is 45.1 Å². The maximum Gasteiger partial charge on any atom is 0.335 e. The Hall–Kier alpha value is -1.58. The third kappa shape index (κ3) is 7.64. The largest absolute Gasteiger partial charge is 0.504 e. The van der Waals surface area contributed by atoms with E-state index in [4.69, 9.17) is 9.47 Å². The fourth-order valence-electron chi connectivity index (χ4n) is 3.07. The van der Waals surface area contributed by atoms with Crippen LogP contribution in [-0.4, -0.2) is 47.2 Å². The number of aliphatic hydroxyl groups is 2. The Morgan fingerprint density at radius 3 is 2.52 bits per heavy atom. The lowest BCUT2D eigenvalue weighted by Gasteiger charge is -2.24. The summed E-state index contributed by atoms with van der Waals surface area (Å²) in [5, 5.41) is 30.7. The van der Waals surface area contributed by atoms with E-state index in [-0.39, 0.29) is 12.4 Å². The molecule has 1 rings (SSSR count). The number of hydrogen-bond acceptors (Lipinski definition) is 6. The van der Waals surface area contributed by atoms with Crippen molar-refractivity contribution in [3.8, 4) is 11.5 Å². The Bertz CT molecular complexity index is 715. The Morgan fingerprint density at radius 1 is 1.28 bits per heavy atom. The highest BCUT2D eigenvalue weighted by Gasteiger charge is 2.30. The summed E-state index contributed by atoms with van der Waals surface area (Å²) in [5.41, 5.74) is 2.01. The number of halogens is 1. The molecule has 0 heterocycles. The second-order valence-electron chi connectivity index (χ2n) is 6.72. The third-order valence-corrected chi connectivity index (χ3v) is 5.41. The summed E-state index contributed by atoms with van der Waals surface area (Å²) < 4.78 is 10.7. The number of phenolic OH excluding ortho intramolecular Hbond substituents is 1. The molecule has 3 atom stereocenters. The van der Waals surface area contributed by atoms with Crippen molar-refractivity contribution >= 4 is 34.6 Å². The number of aliphatic hydroxyl groups excluding tert-OH is 2. The first-order chi connectivity index (χ1) is 13.8. The van der Waals surface area contributed by atoms with E-state index in [2.05, 4.69) is 36.1 Å². The van der Waals surface area contributed by atoms with E-state index in [0.717, 1.165) is 24.0 Å². The molecule has 0 fully saturated rings. The molecule has 0 bridgehead atoms. The molecule has 6 nitrogen and oxygen atoms in total. The van der Waals surface area contributed by atoms with Crippen LogP contribution in [0.5, 0.6) is 11.5 Å². The van der Waals surface area contributed by atoms with Gasteiger partial charge in [-0.25, -0.2) is 4.79 Å². The van der Waals surface area contributed by atoms with E-state index in [0.29, 0.717) is 22.2 Å². The van der Waals surface area contributed by atoms with Crippen molar-refractivity contribution in [2.75, 3.05) is 13.7 Å². The average Bonchev–Trinajstić information content (AvgIpc) is 2.69. The Morgan fingerprint density at radius 2 is 1.97 bits per heavy atom. The number of benzene rings is 1. The van der Waals surface area contributed by atoms with Gasteiger partial charge in [0.15, 0.2) is 17.6 Å². The second kappa shape index (κ2) is 12.9. The van der Waals surface area contributed by atoms with Crippen molar-refractivity contribution in [1.82, 2.24) is 0 Å². The zero-order valence-corrected chi connectivity index (χ0v) is 19.4. The molecule has 0 saturated carbocycles. The van der Waals surface area contributed by atoms with Crippen molar-refractivity contribution in [3.63, 3.8) is 0 Å². The van der Waals surface area contributed by atoms with Gasteiger partial charge in [0, 0.05) is 5.92 Å². The second-order valence-corrected chi connectivity index (χ2v) is 7.88. The summed E-state index contributed by atoms with van der Waals surface area (Å²) in [6.45, 7) is 7.52. The summed E-state index contributed by atoms with van der Waals surface area (Å²) in [6, 6.07) is 3.63. The van der Waals surface area contributed by atoms with Gasteiger partial charge in [-0.2, -0.15) is 0 Å². The number of carbonyl (C=O) groups is 1. The van der Waals surface area contributed by atoms with Crippen LogP contribution in [0.3, 0.4) is 0 Å². The number of carbonyl (C=O) groups excluding carboxylic acids is 1. The first kappa shape index (κ1) is 25.5. The molecule has 3 N–H and O–H groups in total. The van der Waals surface area contributed by atoms with Crippen molar-refractivity contribution in [2.45, 2.75) is 51.7 Å². The molecule has 1 aromatic carbocycles. The predicted octanol–water partition coefficient (Wildman–Crippen LogP) is 4.06. The highest BCUT2D eigenvalue weighted by molar-refractivity contribution is 14.1. The lowest BCUT2D eigenvalue weighted by molar-refractivity contribution is -0.157. The zero-order valence-electron chi connectivity index (χ0n) is 17.2. The van der Waals surface area contributed by atoms with Crippen LogP contribution in [-0.2, 0) is 9.53 Å². The summed E-state index contributed by atoms with van der Waals surface area (Å²) in [6.07, 6.45) is 3.77. The molecule has 0 unspecified atom stereocenters. The fourth-order valence-corrected chi connectivity index (χ4v) is 3.69. The van der Waals surface area contributed by atoms with Gasteiger partial charge in [-0.05, 0) is 66.5 Å². The molecule has 0 spiro atoms. The van der Waals surface area contributed by atoms with Gasteiger partial charge < -0.3 is 24.8 Å². The molecule has 0 saturated heterocycles. The smallest absolute Gasteiger partial charge is 0.335 e. The lowest BCUT2D eigenvalue weighted by atomic mass is 9.90. The van der Waals surface area contributed by atoms with E-state index < -0.39 is 24.1 Å². The molecule has 0 aliphatic rings. The van der Waals surface area contributed by atoms with Gasteiger partial charge in [0.25, 0.3) is 0 Å². The minimum absolute atomic E-state index is 0.111. The third-order valence-electron chi connectivity index (χ3n) is 4.58. The van der Waals surface area contributed by atoms with Gasteiger partial charge >= 0.3 is 5.97 Å². The molecule has 0 aliphatic carbocycles. The maximum atomic E-state index is 11.8. The van der Waals surface area contributed by atoms with Crippen molar-refractivity contribution in [3.05, 3.63) is 39.5 Å². The Balaban J connectivity index is 2.93. The van der Waals surface area contributed by atoms with Crippen molar-refractivity contribution in [2.24, 2.45) is 5.92 Å². The number of ether oxygens (including phenoxy) is 2. The fraction of sp³-hybridized carbons (Fsp3) is 0.500. The molecule has 162 valence electrons. The van der Waals surface area contributed by atoms with Gasteiger partial charge in [-0.1, -0.05) is 31.1 Å². The average molecular weight is 518 g/mol. The predicted molar refractivity (Wildman–Crippen MR) is 122 cm³/mol. The van der Waals surface area contributed by atoms with Gasteiger partial charge in [-0.15, -0.1) is 6.58 Å². The monoisotopic (exact) mass is 518 g/mol. The van der Waals surface area contributed by atoms with Gasteiger partial charge in [-0.3, -0.25) is 0 Å². The number of esters is 1. The number of methoxy groups -OCH3 is 1. The van der Waals surface area contributed by atoms with E-state index in [1.165, 1.54) is 13.2 Å². The molecule has 29 heavy (non-hydrogen) atoms. The summed E-state index contributed by atoms with van der Waals surface area (Å²) >= 11 is 2.05. The molecule has 0 aliphatic heterocycles. The van der Waals surface area contributed by atoms with Crippen LogP contribution in [0.2, 0.25) is 0 Å². The quantitative estimate of drug-likeness (QED) is 0.220. The molecule has 7 heteroatoms. The number of allylic oxidation sites excluding steroid dienone is 1. The highest BCUT2D eigenvalue weighted by atomic mass is 127. The SMILES string of the molecule is C=C[C@H]([C@H](O)CC/C(=C/c1cc(I)c(O)c(OC)c1)CCC)[C@H](O)C(=O)OCC. The van der Waals surface area contributed by atoms with Crippen molar-refractivity contribution in [1.29, 1.82) is 0 Å². The molecular formula is C22H31IO6. The van der Waals surface area contributed by atoms with Gasteiger partial charge in [0.1, 0.15) is 0 Å². The molecule has 0 amide bonds. The van der Waals surface area contributed by atoms with Crippen LogP contribution in [0.15, 0.2) is 30.4 Å². The number of phenols is 1. The first-order valence-corrected chi connectivity index (χ1v) is 10.8. The first-order valence-electron chi connectivity index (χ1n) is 9.70. The zero-order chi connectivity index (χ0) is 22.0. The minimum Gasteiger partial charge on any atom is -0.504 e. The van der Waals surface area contributed by atoms with Crippen LogP contribution < -0.4 is 4.74 Å². The maximum absolute atomic E-state index is 11.8. The Labute approximate surface area is 186 Å². The number of aromatic hydroxyl groups is 1. The normalized spacial score (nSPS) is 14.8. The van der Waals surface area contributed by atoms with Crippen LogP contribution >= 0.6 is 22.6 Å². The number of rotatable bonds is 12. The van der Waals surface area contributed by atoms with Crippen molar-refractivity contribution < 1.29 is 29.6 Å². The van der Waals surface area contributed by atoms with Crippen LogP contribution in [0.4, 0.5) is 0 Å². The van der Waals surface area contributed by atoms with Crippen LogP contribution in [0.25, 0.3) is 6.08 Å². The Kier molecular flexibility index (Phi) is 11.3.